The molecule has 0 saturated heterocycles. The van der Waals surface area contributed by atoms with Gasteiger partial charge in [0.25, 0.3) is 0 Å². The normalized spacial score (nSPS) is 9.67. The molecule has 1 rings (SSSR count). The highest BCUT2D eigenvalue weighted by molar-refractivity contribution is 5.96. The van der Waals surface area contributed by atoms with Gasteiger partial charge in [0.1, 0.15) is 0 Å². The lowest BCUT2D eigenvalue weighted by Gasteiger charge is -2.06. The van der Waals surface area contributed by atoms with Crippen molar-refractivity contribution in [1.29, 1.82) is 0 Å². The first-order valence-corrected chi connectivity index (χ1v) is 5.05. The van der Waals surface area contributed by atoms with E-state index < -0.39 is 0 Å². The predicted molar refractivity (Wildman–Crippen MR) is 59.4 cm³/mol. The molecular formula is C12H14NO2. The van der Waals surface area contributed by atoms with E-state index in [0.717, 1.165) is 12.8 Å². The van der Waals surface area contributed by atoms with Crippen molar-refractivity contribution in [2.75, 3.05) is 5.32 Å². The van der Waals surface area contributed by atoms with Gasteiger partial charge in [-0.3, -0.25) is 9.59 Å². The van der Waals surface area contributed by atoms with E-state index in [1.165, 1.54) is 0 Å². The number of carbonyl (C=O) groups excluding carboxylic acids is 2. The minimum atomic E-state index is -0.0560. The van der Waals surface area contributed by atoms with Crippen LogP contribution in [0.25, 0.3) is 0 Å². The number of benzene rings is 1. The highest BCUT2D eigenvalue weighted by Gasteiger charge is 2.05. The number of nitrogens with one attached hydrogen (secondary N) is 1. The topological polar surface area (TPSA) is 46.2 Å². The molecule has 0 aromatic heterocycles. The summed E-state index contributed by atoms with van der Waals surface area (Å²) in [6, 6.07) is 6.84. The Morgan fingerprint density at radius 2 is 2.13 bits per heavy atom. The van der Waals surface area contributed by atoms with E-state index in [1.807, 2.05) is 6.92 Å². The van der Waals surface area contributed by atoms with Crippen molar-refractivity contribution in [3.8, 4) is 0 Å². The van der Waals surface area contributed by atoms with Gasteiger partial charge in [-0.1, -0.05) is 25.5 Å². The third kappa shape index (κ3) is 3.54. The second-order valence-electron chi connectivity index (χ2n) is 3.30. The van der Waals surface area contributed by atoms with Crippen LogP contribution in [0.15, 0.2) is 24.3 Å². The van der Waals surface area contributed by atoms with E-state index in [0.29, 0.717) is 17.7 Å². The standard InChI is InChI=1S/C12H14NO2/c1-2-3-8-12(15)13-11-7-5-4-6-10(11)9-14/h4-7H,2-3,8H2,1H3,(H,13,15). The zero-order chi connectivity index (χ0) is 11.1. The quantitative estimate of drug-likeness (QED) is 0.799. The largest absolute Gasteiger partial charge is 0.325 e. The summed E-state index contributed by atoms with van der Waals surface area (Å²) in [4.78, 5) is 21.9. The Hall–Kier alpha value is -1.64. The van der Waals surface area contributed by atoms with Gasteiger partial charge in [0.05, 0.1) is 5.69 Å². The van der Waals surface area contributed by atoms with Crippen molar-refractivity contribution < 1.29 is 9.59 Å². The summed E-state index contributed by atoms with van der Waals surface area (Å²) in [6.07, 6.45) is 4.12. The van der Waals surface area contributed by atoms with Crippen molar-refractivity contribution >= 4 is 17.9 Å². The molecule has 15 heavy (non-hydrogen) atoms. The molecule has 3 nitrogen and oxygen atoms in total. The zero-order valence-corrected chi connectivity index (χ0v) is 8.75. The van der Waals surface area contributed by atoms with E-state index in [1.54, 1.807) is 30.6 Å². The summed E-state index contributed by atoms with van der Waals surface area (Å²) in [6.45, 7) is 2.03. The van der Waals surface area contributed by atoms with Gasteiger partial charge in [0.15, 0.2) is 0 Å². The lowest BCUT2D eigenvalue weighted by atomic mass is 10.2. The molecule has 0 aliphatic rings. The van der Waals surface area contributed by atoms with Crippen molar-refractivity contribution in [3.05, 3.63) is 29.8 Å². The molecule has 1 amide bonds. The van der Waals surface area contributed by atoms with E-state index in [2.05, 4.69) is 5.32 Å². The van der Waals surface area contributed by atoms with Gasteiger partial charge in [-0.05, 0) is 18.6 Å². The minimum absolute atomic E-state index is 0.0560. The average molecular weight is 204 g/mol. The molecule has 1 radical (unpaired) electrons. The Balaban J connectivity index is 2.63. The van der Waals surface area contributed by atoms with Crippen LogP contribution in [-0.2, 0) is 9.59 Å². The Labute approximate surface area is 89.5 Å². The monoisotopic (exact) mass is 204 g/mol. The molecule has 0 heterocycles. The molecular weight excluding hydrogens is 190 g/mol. The third-order valence-electron chi connectivity index (χ3n) is 2.07. The summed E-state index contributed by atoms with van der Waals surface area (Å²) in [7, 11) is 0. The van der Waals surface area contributed by atoms with Crippen LogP contribution in [0.2, 0.25) is 0 Å². The first kappa shape index (κ1) is 11.4. The molecule has 1 N–H and O–H groups in total. The first-order valence-electron chi connectivity index (χ1n) is 5.05. The van der Waals surface area contributed by atoms with Crippen molar-refractivity contribution in [2.45, 2.75) is 26.2 Å². The Morgan fingerprint density at radius 3 is 2.80 bits per heavy atom. The minimum Gasteiger partial charge on any atom is -0.325 e. The van der Waals surface area contributed by atoms with Crippen LogP contribution in [0, 0.1) is 0 Å². The van der Waals surface area contributed by atoms with E-state index in [9.17, 15) is 9.59 Å². The summed E-state index contributed by atoms with van der Waals surface area (Å²) in [5, 5.41) is 2.69. The molecule has 0 unspecified atom stereocenters. The fourth-order valence-electron chi connectivity index (χ4n) is 1.23. The molecule has 1 aromatic rings. The SMILES string of the molecule is CCCCC(=O)Nc1ccccc1[C]=O. The summed E-state index contributed by atoms with van der Waals surface area (Å²) < 4.78 is 0. The molecule has 0 saturated carbocycles. The third-order valence-corrected chi connectivity index (χ3v) is 2.07. The number of unbranched alkanes of at least 4 members (excludes halogenated alkanes) is 1. The van der Waals surface area contributed by atoms with Gasteiger partial charge in [0.2, 0.25) is 12.2 Å². The molecule has 0 aliphatic heterocycles. The van der Waals surface area contributed by atoms with E-state index in [4.69, 9.17) is 0 Å². The Bertz CT molecular complexity index is 347. The van der Waals surface area contributed by atoms with Crippen LogP contribution >= 0.6 is 0 Å². The van der Waals surface area contributed by atoms with Crippen molar-refractivity contribution in [1.82, 2.24) is 0 Å². The highest BCUT2D eigenvalue weighted by atomic mass is 16.1. The summed E-state index contributed by atoms with van der Waals surface area (Å²) in [5.74, 6) is -0.0560. The lowest BCUT2D eigenvalue weighted by molar-refractivity contribution is -0.116. The van der Waals surface area contributed by atoms with E-state index >= 15 is 0 Å². The molecule has 79 valence electrons. The molecule has 0 aliphatic carbocycles. The van der Waals surface area contributed by atoms with Crippen LogP contribution in [0.4, 0.5) is 5.69 Å². The summed E-state index contributed by atoms with van der Waals surface area (Å²) >= 11 is 0. The van der Waals surface area contributed by atoms with Crippen LogP contribution in [-0.4, -0.2) is 12.2 Å². The maximum atomic E-state index is 11.4. The first-order chi connectivity index (χ1) is 7.27. The van der Waals surface area contributed by atoms with E-state index in [-0.39, 0.29) is 5.91 Å². The number of hydrogen-bond donors (Lipinski definition) is 1. The fourth-order valence-corrected chi connectivity index (χ4v) is 1.23. The molecule has 0 fully saturated rings. The van der Waals surface area contributed by atoms with Crippen LogP contribution in [0.3, 0.4) is 0 Å². The number of carbonyl (C=O) groups is 1. The lowest BCUT2D eigenvalue weighted by Crippen LogP contribution is -2.12. The number of anilines is 1. The van der Waals surface area contributed by atoms with Gasteiger partial charge in [-0.15, -0.1) is 0 Å². The van der Waals surface area contributed by atoms with Crippen molar-refractivity contribution in [3.63, 3.8) is 0 Å². The maximum Gasteiger partial charge on any atom is 0.235 e. The number of rotatable bonds is 5. The van der Waals surface area contributed by atoms with Crippen LogP contribution in [0.1, 0.15) is 31.7 Å². The van der Waals surface area contributed by atoms with Crippen LogP contribution < -0.4 is 5.32 Å². The smallest absolute Gasteiger partial charge is 0.235 e. The summed E-state index contributed by atoms with van der Waals surface area (Å²) in [5.41, 5.74) is 0.927. The van der Waals surface area contributed by atoms with Gasteiger partial charge >= 0.3 is 0 Å². The Morgan fingerprint density at radius 1 is 1.40 bits per heavy atom. The van der Waals surface area contributed by atoms with Gasteiger partial charge in [-0.2, -0.15) is 0 Å². The molecule has 3 heteroatoms. The molecule has 0 atom stereocenters. The van der Waals surface area contributed by atoms with Gasteiger partial charge in [-0.25, -0.2) is 0 Å². The number of hydrogen-bond acceptors (Lipinski definition) is 2. The average Bonchev–Trinajstić information content (AvgIpc) is 2.27. The predicted octanol–water partition coefficient (Wildman–Crippen LogP) is 2.27. The molecule has 1 aromatic carbocycles. The second kappa shape index (κ2) is 5.96. The zero-order valence-electron chi connectivity index (χ0n) is 8.75. The van der Waals surface area contributed by atoms with Gasteiger partial charge < -0.3 is 5.32 Å². The second-order valence-corrected chi connectivity index (χ2v) is 3.30. The highest BCUT2D eigenvalue weighted by Crippen LogP contribution is 2.12. The number of amides is 1. The maximum absolute atomic E-state index is 11.4. The Kier molecular flexibility index (Phi) is 4.54. The fraction of sp³-hybridized carbons (Fsp3) is 0.333. The number of para-hydroxylation sites is 1. The van der Waals surface area contributed by atoms with Crippen molar-refractivity contribution in [2.24, 2.45) is 0 Å². The van der Waals surface area contributed by atoms with Crippen LogP contribution in [0.5, 0.6) is 0 Å². The molecule has 0 spiro atoms. The molecule has 0 bridgehead atoms. The van der Waals surface area contributed by atoms with Gasteiger partial charge in [0, 0.05) is 12.0 Å².